The maximum atomic E-state index is 12.0. The van der Waals surface area contributed by atoms with E-state index in [1.54, 1.807) is 17.4 Å². The van der Waals surface area contributed by atoms with E-state index in [-0.39, 0.29) is 11.2 Å². The molecule has 0 aromatic carbocycles. The molecular weight excluding hydrogens is 338 g/mol. The number of rotatable bonds is 5. The summed E-state index contributed by atoms with van der Waals surface area (Å²) in [5.74, 6) is 1.64. The Balaban J connectivity index is 1.45. The minimum atomic E-state index is -0.117. The van der Waals surface area contributed by atoms with Crippen molar-refractivity contribution < 1.29 is 9.15 Å². The van der Waals surface area contributed by atoms with Crippen molar-refractivity contribution in [3.8, 4) is 5.75 Å². The van der Waals surface area contributed by atoms with Gasteiger partial charge in [-0.2, -0.15) is 0 Å². The Hall–Kier alpha value is -1.70. The Labute approximate surface area is 151 Å². The van der Waals surface area contributed by atoms with Gasteiger partial charge in [-0.05, 0) is 18.8 Å². The molecule has 7 heteroatoms. The van der Waals surface area contributed by atoms with Crippen LogP contribution in [0.25, 0.3) is 0 Å². The lowest BCUT2D eigenvalue weighted by molar-refractivity contribution is 0.113. The molecule has 5 heterocycles. The van der Waals surface area contributed by atoms with E-state index in [9.17, 15) is 4.79 Å². The number of nitrogens with zero attached hydrogens (tertiary/aromatic N) is 3. The molecule has 5 rings (SSSR count). The molecule has 2 bridgehead atoms. The predicted octanol–water partition coefficient (Wildman–Crippen LogP) is 2.20. The molecule has 134 valence electrons. The molecule has 0 N–H and O–H groups in total. The maximum absolute atomic E-state index is 12.0. The van der Waals surface area contributed by atoms with Gasteiger partial charge in [-0.3, -0.25) is 14.6 Å². The summed E-state index contributed by atoms with van der Waals surface area (Å²) in [7, 11) is 1.48. The summed E-state index contributed by atoms with van der Waals surface area (Å²) in [5.41, 5.74) is 2.95. The first kappa shape index (κ1) is 16.8. The molecular formula is C18H23N3O3S. The minimum absolute atomic E-state index is 0.117. The lowest BCUT2D eigenvalue weighted by atomic mass is 9.95. The van der Waals surface area contributed by atoms with E-state index in [1.165, 1.54) is 31.9 Å². The zero-order chi connectivity index (χ0) is 17.2. The summed E-state index contributed by atoms with van der Waals surface area (Å²) < 4.78 is 10.6. The molecule has 2 atom stereocenters. The monoisotopic (exact) mass is 361 g/mol. The van der Waals surface area contributed by atoms with Crippen LogP contribution >= 0.6 is 11.3 Å². The fourth-order valence-electron chi connectivity index (χ4n) is 4.01. The van der Waals surface area contributed by atoms with Crippen molar-refractivity contribution in [2.24, 2.45) is 5.92 Å². The first-order valence-corrected chi connectivity index (χ1v) is 9.64. The van der Waals surface area contributed by atoms with Crippen LogP contribution in [0.3, 0.4) is 0 Å². The van der Waals surface area contributed by atoms with E-state index in [1.807, 2.05) is 5.51 Å². The fourth-order valence-corrected chi connectivity index (χ4v) is 4.56. The number of hydrogen-bond donors (Lipinski definition) is 0. The summed E-state index contributed by atoms with van der Waals surface area (Å²) in [6.07, 6.45) is 3.90. The first-order chi connectivity index (χ1) is 12.2. The lowest BCUT2D eigenvalue weighted by Crippen LogP contribution is -2.43. The highest BCUT2D eigenvalue weighted by Gasteiger charge is 2.35. The molecule has 0 aliphatic carbocycles. The standard InChI is InChI=1S/C18H23N3O3S/c1-23-18-10-24-16(4-17(18)22)9-21-6-13-2-3-15(21)8-20(5-13)7-14-11-25-12-19-14/h4,10-13,15H,2-3,5-9H2,1H3/t13-,15+/m0/s1. The van der Waals surface area contributed by atoms with Crippen LogP contribution in [0.15, 0.2) is 32.4 Å². The summed E-state index contributed by atoms with van der Waals surface area (Å²) >= 11 is 1.66. The number of thiazole rings is 1. The highest BCUT2D eigenvalue weighted by Crippen LogP contribution is 2.30. The first-order valence-electron chi connectivity index (χ1n) is 8.70. The Morgan fingerprint density at radius 3 is 3.00 bits per heavy atom. The normalized spacial score (nSPS) is 24.4. The van der Waals surface area contributed by atoms with Gasteiger partial charge >= 0.3 is 0 Å². The second-order valence-electron chi connectivity index (χ2n) is 6.98. The number of piperidine rings is 1. The van der Waals surface area contributed by atoms with Crippen LogP contribution in [0.1, 0.15) is 24.3 Å². The molecule has 0 spiro atoms. The third kappa shape index (κ3) is 3.78. The molecule has 6 nitrogen and oxygen atoms in total. The van der Waals surface area contributed by atoms with Crippen molar-refractivity contribution >= 4 is 11.3 Å². The Morgan fingerprint density at radius 1 is 1.32 bits per heavy atom. The molecule has 3 aliphatic rings. The molecule has 3 saturated heterocycles. The van der Waals surface area contributed by atoms with Gasteiger partial charge in [0.05, 0.1) is 24.9 Å². The summed E-state index contributed by atoms with van der Waals surface area (Å²) in [6.45, 7) is 4.85. The minimum Gasteiger partial charge on any atom is -0.490 e. The molecule has 3 aliphatic heterocycles. The Bertz CT molecular complexity index is 761. The molecule has 0 amide bonds. The SMILES string of the molecule is COc1coc(CN2C[C@H]3CC[C@@H]2CN(Cc2cscn2)C3)cc1=O. The van der Waals surface area contributed by atoms with Crippen molar-refractivity contribution in [3.05, 3.63) is 44.9 Å². The third-order valence-corrected chi connectivity index (χ3v) is 5.84. The van der Waals surface area contributed by atoms with Gasteiger partial charge in [0.1, 0.15) is 12.0 Å². The average molecular weight is 361 g/mol. The molecule has 0 unspecified atom stereocenters. The van der Waals surface area contributed by atoms with Crippen LogP contribution in [0.4, 0.5) is 0 Å². The van der Waals surface area contributed by atoms with Crippen molar-refractivity contribution in [1.82, 2.24) is 14.8 Å². The number of ether oxygens (including phenoxy) is 1. The molecule has 25 heavy (non-hydrogen) atoms. The van der Waals surface area contributed by atoms with Crippen LogP contribution in [0.5, 0.6) is 5.75 Å². The summed E-state index contributed by atoms with van der Waals surface area (Å²) in [4.78, 5) is 21.4. The highest BCUT2D eigenvalue weighted by atomic mass is 32.1. The van der Waals surface area contributed by atoms with E-state index in [0.717, 1.165) is 26.2 Å². The highest BCUT2D eigenvalue weighted by molar-refractivity contribution is 7.07. The van der Waals surface area contributed by atoms with E-state index in [0.29, 0.717) is 24.3 Å². The number of hydrogen-bond acceptors (Lipinski definition) is 7. The average Bonchev–Trinajstić information content (AvgIpc) is 2.95. The zero-order valence-corrected chi connectivity index (χ0v) is 15.2. The molecule has 2 aromatic rings. The largest absolute Gasteiger partial charge is 0.490 e. The number of aromatic nitrogens is 1. The van der Waals surface area contributed by atoms with Crippen molar-refractivity contribution in [2.45, 2.75) is 32.0 Å². The van der Waals surface area contributed by atoms with Gasteiger partial charge < -0.3 is 9.15 Å². The third-order valence-electron chi connectivity index (χ3n) is 5.20. The Kier molecular flexibility index (Phi) is 4.87. The predicted molar refractivity (Wildman–Crippen MR) is 95.8 cm³/mol. The number of fused-ring (bicyclic) bond motifs is 4. The van der Waals surface area contributed by atoms with Gasteiger partial charge in [0, 0.05) is 43.7 Å². The fraction of sp³-hybridized carbons (Fsp3) is 0.556. The van der Waals surface area contributed by atoms with Crippen molar-refractivity contribution in [3.63, 3.8) is 0 Å². The second-order valence-corrected chi connectivity index (χ2v) is 7.70. The van der Waals surface area contributed by atoms with Crippen LogP contribution < -0.4 is 10.2 Å². The number of methoxy groups -OCH3 is 1. The van der Waals surface area contributed by atoms with Crippen LogP contribution in [-0.4, -0.2) is 47.6 Å². The summed E-state index contributed by atoms with van der Waals surface area (Å²) in [6, 6.07) is 2.06. The smallest absolute Gasteiger partial charge is 0.227 e. The molecule has 0 radical (unpaired) electrons. The van der Waals surface area contributed by atoms with Gasteiger partial charge in [-0.1, -0.05) is 0 Å². The van der Waals surface area contributed by atoms with E-state index in [2.05, 4.69) is 20.2 Å². The van der Waals surface area contributed by atoms with E-state index >= 15 is 0 Å². The van der Waals surface area contributed by atoms with Gasteiger partial charge in [0.15, 0.2) is 0 Å². The van der Waals surface area contributed by atoms with Gasteiger partial charge in [0.25, 0.3) is 0 Å². The Morgan fingerprint density at radius 2 is 2.24 bits per heavy atom. The molecule has 3 fully saturated rings. The van der Waals surface area contributed by atoms with Crippen LogP contribution in [0, 0.1) is 5.92 Å². The maximum Gasteiger partial charge on any atom is 0.227 e. The quantitative estimate of drug-likeness (QED) is 0.814. The van der Waals surface area contributed by atoms with Crippen LogP contribution in [0.2, 0.25) is 0 Å². The van der Waals surface area contributed by atoms with E-state index in [4.69, 9.17) is 9.15 Å². The topological polar surface area (TPSA) is 58.8 Å². The van der Waals surface area contributed by atoms with Gasteiger partial charge in [0.2, 0.25) is 11.2 Å². The van der Waals surface area contributed by atoms with Crippen molar-refractivity contribution in [2.75, 3.05) is 26.7 Å². The van der Waals surface area contributed by atoms with Gasteiger partial charge in [-0.15, -0.1) is 11.3 Å². The molecule has 2 aromatic heterocycles. The zero-order valence-electron chi connectivity index (χ0n) is 14.4. The van der Waals surface area contributed by atoms with Crippen molar-refractivity contribution in [1.29, 1.82) is 0 Å². The lowest BCUT2D eigenvalue weighted by Gasteiger charge is -2.35. The van der Waals surface area contributed by atoms with Crippen LogP contribution in [-0.2, 0) is 13.1 Å². The summed E-state index contributed by atoms with van der Waals surface area (Å²) in [5, 5.41) is 2.14. The van der Waals surface area contributed by atoms with Gasteiger partial charge in [-0.25, -0.2) is 4.98 Å². The molecule has 0 saturated carbocycles. The second kappa shape index (κ2) is 7.27. The van der Waals surface area contributed by atoms with E-state index < -0.39 is 0 Å².